The molecule has 2 aromatic rings. The summed E-state index contributed by atoms with van der Waals surface area (Å²) < 4.78 is 5.42. The zero-order valence-corrected chi connectivity index (χ0v) is 14.1. The Labute approximate surface area is 143 Å². The van der Waals surface area contributed by atoms with Crippen LogP contribution in [0.5, 0.6) is 0 Å². The van der Waals surface area contributed by atoms with Gasteiger partial charge in [-0.25, -0.2) is 0 Å². The lowest BCUT2D eigenvalue weighted by Crippen LogP contribution is -2.31. The van der Waals surface area contributed by atoms with Crippen LogP contribution in [0.2, 0.25) is 0 Å². The lowest BCUT2D eigenvalue weighted by Gasteiger charge is -2.22. The summed E-state index contributed by atoms with van der Waals surface area (Å²) in [6, 6.07) is 9.55. The Hall–Kier alpha value is -2.14. The molecule has 0 atom stereocenters. The van der Waals surface area contributed by atoms with E-state index in [1.165, 1.54) is 25.9 Å². The lowest BCUT2D eigenvalue weighted by molar-refractivity contribution is -0.133. The van der Waals surface area contributed by atoms with Crippen molar-refractivity contribution in [2.24, 2.45) is 0 Å². The van der Waals surface area contributed by atoms with E-state index in [1.807, 2.05) is 35.2 Å². The number of pyridine rings is 1. The van der Waals surface area contributed by atoms with Crippen molar-refractivity contribution in [3.63, 3.8) is 0 Å². The second-order valence-electron chi connectivity index (χ2n) is 6.30. The van der Waals surface area contributed by atoms with Gasteiger partial charge in [0.05, 0.1) is 25.0 Å². The van der Waals surface area contributed by atoms with Crippen molar-refractivity contribution in [1.29, 1.82) is 0 Å². The Bertz CT molecular complexity index is 607. The van der Waals surface area contributed by atoms with Gasteiger partial charge in [0.1, 0.15) is 5.76 Å². The molecule has 5 nitrogen and oxygen atoms in total. The first-order valence-electron chi connectivity index (χ1n) is 8.74. The number of hydrogen-bond acceptors (Lipinski definition) is 4. The molecule has 0 bridgehead atoms. The van der Waals surface area contributed by atoms with Crippen molar-refractivity contribution < 1.29 is 9.21 Å². The van der Waals surface area contributed by atoms with Crippen LogP contribution in [-0.2, 0) is 17.9 Å². The van der Waals surface area contributed by atoms with Gasteiger partial charge in [-0.05, 0) is 63.2 Å². The van der Waals surface area contributed by atoms with Crippen LogP contribution >= 0.6 is 0 Å². The molecular weight excluding hydrogens is 302 g/mol. The van der Waals surface area contributed by atoms with E-state index in [0.29, 0.717) is 19.5 Å². The van der Waals surface area contributed by atoms with Gasteiger partial charge in [-0.15, -0.1) is 0 Å². The Kier molecular flexibility index (Phi) is 6.01. The molecule has 0 N–H and O–H groups in total. The van der Waals surface area contributed by atoms with Crippen molar-refractivity contribution in [3.05, 3.63) is 54.2 Å². The highest BCUT2D eigenvalue weighted by Crippen LogP contribution is 2.13. The van der Waals surface area contributed by atoms with E-state index in [1.54, 1.807) is 12.5 Å². The van der Waals surface area contributed by atoms with Crippen LogP contribution < -0.4 is 0 Å². The number of aromatic nitrogens is 1. The molecule has 0 unspecified atom stereocenters. The van der Waals surface area contributed by atoms with Gasteiger partial charge in [-0.3, -0.25) is 9.78 Å². The van der Waals surface area contributed by atoms with Gasteiger partial charge in [-0.1, -0.05) is 6.07 Å². The van der Waals surface area contributed by atoms with Gasteiger partial charge < -0.3 is 14.2 Å². The summed E-state index contributed by atoms with van der Waals surface area (Å²) in [5.74, 6) is 0.968. The maximum absolute atomic E-state index is 12.7. The molecule has 3 rings (SSSR count). The molecule has 0 aliphatic carbocycles. The predicted molar refractivity (Wildman–Crippen MR) is 92.1 cm³/mol. The maximum Gasteiger partial charge on any atom is 0.223 e. The molecule has 1 saturated heterocycles. The highest BCUT2D eigenvalue weighted by molar-refractivity contribution is 5.76. The largest absolute Gasteiger partial charge is 0.467 e. The van der Waals surface area contributed by atoms with Crippen LogP contribution in [0.4, 0.5) is 0 Å². The third kappa shape index (κ3) is 4.93. The molecule has 1 aliphatic heterocycles. The molecule has 0 radical (unpaired) electrons. The van der Waals surface area contributed by atoms with E-state index in [-0.39, 0.29) is 5.91 Å². The van der Waals surface area contributed by atoms with Crippen molar-refractivity contribution >= 4 is 5.91 Å². The van der Waals surface area contributed by atoms with Crippen molar-refractivity contribution in [1.82, 2.24) is 14.8 Å². The molecule has 0 spiro atoms. The molecule has 1 amide bonds. The molecule has 24 heavy (non-hydrogen) atoms. The van der Waals surface area contributed by atoms with Gasteiger partial charge in [0.2, 0.25) is 5.91 Å². The lowest BCUT2D eigenvalue weighted by atomic mass is 10.2. The summed E-state index contributed by atoms with van der Waals surface area (Å²) in [7, 11) is 0. The Balaban J connectivity index is 1.56. The van der Waals surface area contributed by atoms with Crippen LogP contribution in [0.25, 0.3) is 0 Å². The monoisotopic (exact) mass is 327 g/mol. The molecule has 5 heteroatoms. The van der Waals surface area contributed by atoms with Gasteiger partial charge >= 0.3 is 0 Å². The van der Waals surface area contributed by atoms with E-state index >= 15 is 0 Å². The summed E-state index contributed by atoms with van der Waals surface area (Å²) in [4.78, 5) is 21.3. The van der Waals surface area contributed by atoms with E-state index in [0.717, 1.165) is 24.4 Å². The molecular formula is C19H25N3O2. The fraction of sp³-hybridized carbons (Fsp3) is 0.474. The second-order valence-corrected chi connectivity index (χ2v) is 6.30. The van der Waals surface area contributed by atoms with E-state index in [9.17, 15) is 4.79 Å². The molecule has 0 aromatic carbocycles. The first-order valence-corrected chi connectivity index (χ1v) is 8.74. The average Bonchev–Trinajstić information content (AvgIpc) is 3.29. The fourth-order valence-corrected chi connectivity index (χ4v) is 3.13. The Morgan fingerprint density at radius 1 is 1.17 bits per heavy atom. The minimum atomic E-state index is 0.163. The normalized spacial score (nSPS) is 14.8. The number of carbonyl (C=O) groups is 1. The highest BCUT2D eigenvalue weighted by atomic mass is 16.3. The van der Waals surface area contributed by atoms with E-state index in [4.69, 9.17) is 4.42 Å². The van der Waals surface area contributed by atoms with Crippen molar-refractivity contribution in [2.45, 2.75) is 38.8 Å². The third-order valence-electron chi connectivity index (χ3n) is 4.42. The molecule has 128 valence electrons. The molecule has 1 aliphatic rings. The Morgan fingerprint density at radius 2 is 2.04 bits per heavy atom. The number of likely N-dealkylation sites (tertiary alicyclic amines) is 1. The molecule has 0 saturated carbocycles. The van der Waals surface area contributed by atoms with Gasteiger partial charge in [0.15, 0.2) is 0 Å². The quantitative estimate of drug-likeness (QED) is 0.747. The first-order chi connectivity index (χ1) is 11.8. The first kappa shape index (κ1) is 16.7. The van der Waals surface area contributed by atoms with Gasteiger partial charge in [0.25, 0.3) is 0 Å². The number of amides is 1. The minimum absolute atomic E-state index is 0.163. The third-order valence-corrected chi connectivity index (χ3v) is 4.42. The van der Waals surface area contributed by atoms with E-state index < -0.39 is 0 Å². The number of furan rings is 1. The smallest absolute Gasteiger partial charge is 0.223 e. The van der Waals surface area contributed by atoms with Crippen LogP contribution in [0.3, 0.4) is 0 Å². The number of rotatable bonds is 8. The maximum atomic E-state index is 12.7. The Morgan fingerprint density at radius 3 is 2.75 bits per heavy atom. The highest BCUT2D eigenvalue weighted by Gasteiger charge is 2.17. The van der Waals surface area contributed by atoms with Crippen LogP contribution in [0, 0.1) is 0 Å². The minimum Gasteiger partial charge on any atom is -0.467 e. The zero-order chi connectivity index (χ0) is 16.6. The summed E-state index contributed by atoms with van der Waals surface area (Å²) >= 11 is 0. The topological polar surface area (TPSA) is 49.6 Å². The standard InChI is InChI=1S/C19H25N3O2/c23-19(9-5-13-21-11-3-4-12-21)22(16-18-8-6-14-24-18)15-17-7-1-2-10-20-17/h1-2,6-8,10,14H,3-5,9,11-13,15-16H2. The van der Waals surface area contributed by atoms with Crippen LogP contribution in [0.15, 0.2) is 47.2 Å². The second kappa shape index (κ2) is 8.64. The van der Waals surface area contributed by atoms with Gasteiger partial charge in [0, 0.05) is 12.6 Å². The number of hydrogen-bond donors (Lipinski definition) is 0. The van der Waals surface area contributed by atoms with E-state index in [2.05, 4.69) is 9.88 Å². The van der Waals surface area contributed by atoms with Crippen molar-refractivity contribution in [3.8, 4) is 0 Å². The van der Waals surface area contributed by atoms with Crippen molar-refractivity contribution in [2.75, 3.05) is 19.6 Å². The molecule has 1 fully saturated rings. The predicted octanol–water partition coefficient (Wildman–Crippen LogP) is 3.08. The molecule has 3 heterocycles. The number of nitrogens with zero attached hydrogens (tertiary/aromatic N) is 3. The van der Waals surface area contributed by atoms with Crippen LogP contribution in [-0.4, -0.2) is 40.3 Å². The van der Waals surface area contributed by atoms with Crippen LogP contribution in [0.1, 0.15) is 37.1 Å². The molecule has 2 aromatic heterocycles. The fourth-order valence-electron chi connectivity index (χ4n) is 3.13. The zero-order valence-electron chi connectivity index (χ0n) is 14.1. The summed E-state index contributed by atoms with van der Waals surface area (Å²) in [6.45, 7) is 4.39. The SMILES string of the molecule is O=C(CCCN1CCCC1)N(Cc1ccccn1)Cc1ccco1. The number of carbonyl (C=O) groups excluding carboxylic acids is 1. The summed E-state index contributed by atoms with van der Waals surface area (Å²) in [6.07, 6.45) is 7.47. The summed E-state index contributed by atoms with van der Waals surface area (Å²) in [5.41, 5.74) is 0.900. The summed E-state index contributed by atoms with van der Waals surface area (Å²) in [5, 5.41) is 0. The van der Waals surface area contributed by atoms with Gasteiger partial charge in [-0.2, -0.15) is 0 Å². The average molecular weight is 327 g/mol.